The molecule has 0 aromatic rings. The fourth-order valence-electron chi connectivity index (χ4n) is 0. The predicted octanol–water partition coefficient (Wildman–Crippen LogP) is -1.13. The largest absolute Gasteiger partial charge is 0.274 e. The first kappa shape index (κ1) is 9.11. The standard InChI is InChI=1S/CH3O.H4N2/c2*1-2/h1H3;1-2H2. The lowest BCUT2D eigenvalue weighted by molar-refractivity contribution is 0.282. The van der Waals surface area contributed by atoms with Gasteiger partial charge in [-0.1, -0.05) is 0 Å². The van der Waals surface area contributed by atoms with E-state index in [2.05, 4.69) is 11.7 Å². The summed E-state index contributed by atoms with van der Waals surface area (Å²) < 4.78 is 0. The van der Waals surface area contributed by atoms with E-state index in [0.29, 0.717) is 0 Å². The molecule has 0 amide bonds. The summed E-state index contributed by atoms with van der Waals surface area (Å²) in [5, 5.41) is 8.25. The van der Waals surface area contributed by atoms with Crippen LogP contribution in [0.4, 0.5) is 0 Å². The van der Waals surface area contributed by atoms with Crippen molar-refractivity contribution in [3.63, 3.8) is 0 Å². The molecule has 4 N–H and O–H groups in total. The summed E-state index contributed by atoms with van der Waals surface area (Å²) in [6.07, 6.45) is 0. The quantitative estimate of drug-likeness (QED) is 0.275. The summed E-state index contributed by atoms with van der Waals surface area (Å²) in [7, 11) is 0.750. The Bertz CT molecular complexity index is 6.00. The lowest BCUT2D eigenvalue weighted by atomic mass is 11.8. The fourth-order valence-corrected chi connectivity index (χ4v) is 0. The van der Waals surface area contributed by atoms with Gasteiger partial charge in [-0.3, -0.25) is 11.7 Å². The molecule has 4 heavy (non-hydrogen) atoms. The molecule has 0 aliphatic heterocycles. The molecule has 0 saturated heterocycles. The topological polar surface area (TPSA) is 71.9 Å². The van der Waals surface area contributed by atoms with E-state index in [9.17, 15) is 0 Å². The highest BCUT2D eigenvalue weighted by atomic mass is 16.2. The summed E-state index contributed by atoms with van der Waals surface area (Å²) in [6.45, 7) is 0. The maximum Gasteiger partial charge on any atom is 0.0712 e. The highest BCUT2D eigenvalue weighted by molar-refractivity contribution is 3.26. The predicted molar refractivity (Wildman–Crippen MR) is 15.0 cm³/mol. The minimum atomic E-state index is 0.750. The molecule has 0 aromatic carbocycles. The molecule has 0 heterocycles. The van der Waals surface area contributed by atoms with Crippen molar-refractivity contribution in [1.82, 2.24) is 0 Å². The van der Waals surface area contributed by atoms with Crippen LogP contribution in [0.1, 0.15) is 0 Å². The van der Waals surface area contributed by atoms with E-state index in [1.165, 1.54) is 0 Å². The molecule has 3 nitrogen and oxygen atoms in total. The van der Waals surface area contributed by atoms with Gasteiger partial charge in [-0.15, -0.1) is 0 Å². The lowest BCUT2D eigenvalue weighted by Gasteiger charge is -1.27. The Morgan fingerprint density at radius 3 is 1.25 bits per heavy atom. The van der Waals surface area contributed by atoms with Crippen LogP contribution in [0.2, 0.25) is 0 Å². The number of hydrogen-bond donors (Lipinski definition) is 2. The molecule has 0 aromatic heterocycles. The van der Waals surface area contributed by atoms with Crippen LogP contribution in [0.5, 0.6) is 0 Å². The van der Waals surface area contributed by atoms with Gasteiger partial charge in [-0.2, -0.15) is 0 Å². The van der Waals surface area contributed by atoms with Crippen LogP contribution in [-0.2, 0) is 5.11 Å². The van der Waals surface area contributed by atoms with Crippen LogP contribution in [0, 0.1) is 0 Å². The van der Waals surface area contributed by atoms with Crippen molar-refractivity contribution < 1.29 is 5.11 Å². The maximum absolute atomic E-state index is 8.25. The molecule has 0 aliphatic rings. The monoisotopic (exact) mass is 63.1 g/mol. The first-order chi connectivity index (χ1) is 2.00. The van der Waals surface area contributed by atoms with E-state index < -0.39 is 0 Å². The van der Waals surface area contributed by atoms with E-state index in [4.69, 9.17) is 5.11 Å². The molecule has 1 radical (unpaired) electrons. The molecule has 3 heteroatoms. The van der Waals surface area contributed by atoms with Crippen molar-refractivity contribution in [2.75, 3.05) is 7.11 Å². The highest BCUT2D eigenvalue weighted by Crippen LogP contribution is 0.840. The Balaban J connectivity index is 0. The van der Waals surface area contributed by atoms with Crippen LogP contribution < -0.4 is 11.7 Å². The van der Waals surface area contributed by atoms with Crippen molar-refractivity contribution in [2.24, 2.45) is 11.7 Å². The van der Waals surface area contributed by atoms with Crippen molar-refractivity contribution in [3.8, 4) is 0 Å². The van der Waals surface area contributed by atoms with Crippen molar-refractivity contribution in [2.45, 2.75) is 0 Å². The van der Waals surface area contributed by atoms with Gasteiger partial charge >= 0.3 is 0 Å². The molecule has 0 bridgehead atoms. The van der Waals surface area contributed by atoms with Crippen LogP contribution in [-0.4, -0.2) is 7.11 Å². The van der Waals surface area contributed by atoms with Crippen LogP contribution in [0.25, 0.3) is 0 Å². The van der Waals surface area contributed by atoms with Crippen LogP contribution >= 0.6 is 0 Å². The molecule has 27 valence electrons. The summed E-state index contributed by atoms with van der Waals surface area (Å²) in [5.41, 5.74) is 0. The third kappa shape index (κ3) is 101. The van der Waals surface area contributed by atoms with E-state index in [1.807, 2.05) is 0 Å². The third-order valence-electron chi connectivity index (χ3n) is 0. The summed E-state index contributed by atoms with van der Waals surface area (Å²) in [4.78, 5) is 0. The van der Waals surface area contributed by atoms with Crippen LogP contribution in [0.3, 0.4) is 0 Å². The second kappa shape index (κ2) is 707. The van der Waals surface area contributed by atoms with Gasteiger partial charge in [0, 0.05) is 0 Å². The van der Waals surface area contributed by atoms with Crippen molar-refractivity contribution >= 4 is 0 Å². The maximum atomic E-state index is 8.25. The van der Waals surface area contributed by atoms with E-state index in [0.717, 1.165) is 7.11 Å². The van der Waals surface area contributed by atoms with E-state index in [-0.39, 0.29) is 0 Å². The van der Waals surface area contributed by atoms with Crippen LogP contribution in [0.15, 0.2) is 0 Å². The summed E-state index contributed by atoms with van der Waals surface area (Å²) in [6, 6.07) is 0. The van der Waals surface area contributed by atoms with Gasteiger partial charge in [0.1, 0.15) is 0 Å². The SMILES string of the molecule is C[O].NN. The molecular formula is CH7N2O. The molecule has 0 rings (SSSR count). The number of hydrazine groups is 1. The third-order valence-corrected chi connectivity index (χ3v) is 0. The molecule has 0 aliphatic carbocycles. The zero-order valence-electron chi connectivity index (χ0n) is 2.56. The van der Waals surface area contributed by atoms with Crippen molar-refractivity contribution in [3.05, 3.63) is 0 Å². The van der Waals surface area contributed by atoms with Gasteiger partial charge in [0.2, 0.25) is 0 Å². The molecule has 0 spiro atoms. The molecule has 0 saturated carbocycles. The van der Waals surface area contributed by atoms with Crippen molar-refractivity contribution in [1.29, 1.82) is 0 Å². The van der Waals surface area contributed by atoms with Gasteiger partial charge < -0.3 is 0 Å². The zero-order valence-corrected chi connectivity index (χ0v) is 2.56. The second-order valence-electron chi connectivity index (χ2n) is 0. The number of nitrogens with two attached hydrogens (primary N) is 2. The van der Waals surface area contributed by atoms with Gasteiger partial charge in [-0.05, 0) is 0 Å². The molecule has 0 unspecified atom stereocenters. The Hall–Kier alpha value is -0.120. The van der Waals surface area contributed by atoms with E-state index in [1.54, 1.807) is 0 Å². The summed E-state index contributed by atoms with van der Waals surface area (Å²) >= 11 is 0. The Kier molecular flexibility index (Phi) is 1610. The normalized spacial score (nSPS) is 3.00. The van der Waals surface area contributed by atoms with E-state index >= 15 is 0 Å². The lowest BCUT2D eigenvalue weighted by Crippen LogP contribution is -2.02. The smallest absolute Gasteiger partial charge is 0.0712 e. The fraction of sp³-hybridized carbons (Fsp3) is 1.00. The molecule has 0 fully saturated rings. The Morgan fingerprint density at radius 1 is 1.25 bits per heavy atom. The minimum Gasteiger partial charge on any atom is -0.274 e. The Labute approximate surface area is 25.2 Å². The first-order valence-corrected chi connectivity index (χ1v) is 0.742. The Morgan fingerprint density at radius 2 is 1.25 bits per heavy atom. The minimum absolute atomic E-state index is 0.750. The molecule has 0 atom stereocenters. The first-order valence-electron chi connectivity index (χ1n) is 0.742. The second-order valence-corrected chi connectivity index (χ2v) is 0. The number of hydrogen-bond acceptors (Lipinski definition) is 2. The summed E-state index contributed by atoms with van der Waals surface area (Å²) in [5.74, 6) is 8.00. The van der Waals surface area contributed by atoms with Gasteiger partial charge in [0.15, 0.2) is 0 Å². The molecular weight excluding hydrogens is 56.0 g/mol. The van der Waals surface area contributed by atoms with Gasteiger partial charge in [0.05, 0.1) is 7.11 Å². The van der Waals surface area contributed by atoms with Gasteiger partial charge in [0.25, 0.3) is 0 Å². The zero-order chi connectivity index (χ0) is 4.00. The average molecular weight is 63.1 g/mol. The van der Waals surface area contributed by atoms with Gasteiger partial charge in [-0.25, -0.2) is 5.11 Å². The average Bonchev–Trinajstić information content (AvgIpc) is 1.50. The number of rotatable bonds is 0. The highest BCUT2D eigenvalue weighted by Gasteiger charge is 0.928.